The minimum atomic E-state index is 0.736. The number of thioether (sulfide) groups is 1. The molecule has 3 nitrogen and oxygen atoms in total. The van der Waals surface area contributed by atoms with E-state index in [-0.39, 0.29) is 0 Å². The highest BCUT2D eigenvalue weighted by Gasteiger charge is 2.37. The number of fused-ring (bicyclic) bond motifs is 1. The van der Waals surface area contributed by atoms with Crippen LogP contribution in [0.4, 0.5) is 5.69 Å². The van der Waals surface area contributed by atoms with Gasteiger partial charge in [-0.2, -0.15) is 0 Å². The van der Waals surface area contributed by atoms with Crippen molar-refractivity contribution in [2.24, 2.45) is 11.8 Å². The van der Waals surface area contributed by atoms with Gasteiger partial charge < -0.3 is 9.64 Å². The molecule has 86 valence electrons. The maximum atomic E-state index is 5.49. The molecule has 16 heavy (non-hydrogen) atoms. The summed E-state index contributed by atoms with van der Waals surface area (Å²) in [6, 6.07) is 4.28. The molecule has 0 spiro atoms. The number of anilines is 1. The van der Waals surface area contributed by atoms with Crippen molar-refractivity contribution < 1.29 is 4.74 Å². The molecule has 3 rings (SSSR count). The van der Waals surface area contributed by atoms with E-state index < -0.39 is 0 Å². The Labute approximate surface area is 100 Å². The molecule has 0 N–H and O–H groups in total. The van der Waals surface area contributed by atoms with Crippen LogP contribution in [0, 0.1) is 11.8 Å². The molecule has 2 fully saturated rings. The van der Waals surface area contributed by atoms with Crippen molar-refractivity contribution in [1.82, 2.24) is 4.98 Å². The summed E-state index contributed by atoms with van der Waals surface area (Å²) < 4.78 is 5.49. The predicted molar refractivity (Wildman–Crippen MR) is 66.0 cm³/mol. The summed E-state index contributed by atoms with van der Waals surface area (Å²) in [5, 5.41) is 1.09. The second-order valence-corrected chi connectivity index (χ2v) is 5.35. The molecular weight excluding hydrogens is 220 g/mol. The minimum Gasteiger partial charge on any atom is -0.381 e. The van der Waals surface area contributed by atoms with Crippen molar-refractivity contribution in [3.8, 4) is 0 Å². The van der Waals surface area contributed by atoms with Gasteiger partial charge in [-0.15, -0.1) is 11.8 Å². The maximum Gasteiger partial charge on any atom is 0.0958 e. The van der Waals surface area contributed by atoms with Crippen molar-refractivity contribution >= 4 is 17.4 Å². The van der Waals surface area contributed by atoms with E-state index in [0.29, 0.717) is 0 Å². The van der Waals surface area contributed by atoms with Gasteiger partial charge in [0.25, 0.3) is 0 Å². The van der Waals surface area contributed by atoms with Gasteiger partial charge in [0.1, 0.15) is 0 Å². The van der Waals surface area contributed by atoms with E-state index in [1.807, 2.05) is 6.20 Å². The average molecular weight is 236 g/mol. The smallest absolute Gasteiger partial charge is 0.0958 e. The van der Waals surface area contributed by atoms with E-state index in [2.05, 4.69) is 28.3 Å². The van der Waals surface area contributed by atoms with Crippen LogP contribution in [0.25, 0.3) is 0 Å². The zero-order valence-electron chi connectivity index (χ0n) is 9.43. The lowest BCUT2D eigenvalue weighted by Crippen LogP contribution is -2.22. The number of hydrogen-bond donors (Lipinski definition) is 0. The van der Waals surface area contributed by atoms with Crippen molar-refractivity contribution in [3.63, 3.8) is 0 Å². The SMILES string of the molecule is CSc1ccc(N2C[C@H]3COC[C@H]3C2)cn1. The zero-order chi connectivity index (χ0) is 11.0. The zero-order valence-corrected chi connectivity index (χ0v) is 10.2. The Morgan fingerprint density at radius 3 is 2.62 bits per heavy atom. The molecule has 1 aromatic heterocycles. The second-order valence-electron chi connectivity index (χ2n) is 4.52. The molecule has 0 amide bonds. The standard InChI is InChI=1S/C12H16N2OS/c1-16-12-3-2-11(4-13-12)14-5-9-7-15-8-10(9)6-14/h2-4,9-10H,5-8H2,1H3/t9-,10+. The fourth-order valence-electron chi connectivity index (χ4n) is 2.58. The van der Waals surface area contributed by atoms with Crippen LogP contribution in [-0.4, -0.2) is 37.5 Å². The molecule has 3 heterocycles. The number of ether oxygens (including phenoxy) is 1. The summed E-state index contributed by atoms with van der Waals surface area (Å²) in [4.78, 5) is 6.87. The number of pyridine rings is 1. The van der Waals surface area contributed by atoms with E-state index in [4.69, 9.17) is 4.74 Å². The normalized spacial score (nSPS) is 28.4. The van der Waals surface area contributed by atoms with E-state index in [9.17, 15) is 0 Å². The summed E-state index contributed by atoms with van der Waals surface area (Å²) in [5.74, 6) is 1.47. The third kappa shape index (κ3) is 1.80. The molecule has 0 bridgehead atoms. The molecule has 2 atom stereocenters. The quantitative estimate of drug-likeness (QED) is 0.732. The topological polar surface area (TPSA) is 25.4 Å². The number of hydrogen-bond acceptors (Lipinski definition) is 4. The molecule has 0 aromatic carbocycles. The highest BCUT2D eigenvalue weighted by molar-refractivity contribution is 7.98. The van der Waals surface area contributed by atoms with Gasteiger partial charge in [0, 0.05) is 24.9 Å². The maximum absolute atomic E-state index is 5.49. The molecule has 0 radical (unpaired) electrons. The molecule has 2 aliphatic rings. The Balaban J connectivity index is 1.73. The first-order valence-electron chi connectivity index (χ1n) is 5.69. The summed E-state index contributed by atoms with van der Waals surface area (Å²) >= 11 is 1.69. The summed E-state index contributed by atoms with van der Waals surface area (Å²) in [6.45, 7) is 4.14. The molecule has 2 saturated heterocycles. The van der Waals surface area contributed by atoms with Crippen LogP contribution in [0.1, 0.15) is 0 Å². The van der Waals surface area contributed by atoms with Gasteiger partial charge >= 0.3 is 0 Å². The van der Waals surface area contributed by atoms with Gasteiger partial charge in [0.2, 0.25) is 0 Å². The summed E-state index contributed by atoms with van der Waals surface area (Å²) in [6.07, 6.45) is 4.05. The molecule has 0 unspecified atom stereocenters. The van der Waals surface area contributed by atoms with E-state index in [1.165, 1.54) is 5.69 Å². The van der Waals surface area contributed by atoms with Crippen LogP contribution in [0.5, 0.6) is 0 Å². The Hall–Kier alpha value is -0.740. The Morgan fingerprint density at radius 1 is 1.31 bits per heavy atom. The predicted octanol–water partition coefficient (Wildman–Crippen LogP) is 1.89. The van der Waals surface area contributed by atoms with Crippen LogP contribution in [-0.2, 0) is 4.74 Å². The number of aromatic nitrogens is 1. The fourth-order valence-corrected chi connectivity index (χ4v) is 2.94. The van der Waals surface area contributed by atoms with E-state index in [1.54, 1.807) is 11.8 Å². The first kappa shape index (κ1) is 10.4. The van der Waals surface area contributed by atoms with Crippen molar-refractivity contribution in [2.45, 2.75) is 5.03 Å². The van der Waals surface area contributed by atoms with Crippen LogP contribution in [0.3, 0.4) is 0 Å². The Kier molecular flexibility index (Phi) is 2.77. The fraction of sp³-hybridized carbons (Fsp3) is 0.583. The molecule has 2 aliphatic heterocycles. The summed E-state index contributed by atoms with van der Waals surface area (Å²) in [5.41, 5.74) is 1.26. The Morgan fingerprint density at radius 2 is 2.06 bits per heavy atom. The van der Waals surface area contributed by atoms with Crippen molar-refractivity contribution in [3.05, 3.63) is 18.3 Å². The molecule has 4 heteroatoms. The van der Waals surface area contributed by atoms with Crippen LogP contribution >= 0.6 is 11.8 Å². The van der Waals surface area contributed by atoms with E-state index >= 15 is 0 Å². The van der Waals surface area contributed by atoms with Crippen LogP contribution < -0.4 is 4.90 Å². The highest BCUT2D eigenvalue weighted by atomic mass is 32.2. The molecule has 0 aliphatic carbocycles. The van der Waals surface area contributed by atoms with Crippen molar-refractivity contribution in [1.29, 1.82) is 0 Å². The number of rotatable bonds is 2. The average Bonchev–Trinajstić information content (AvgIpc) is 2.89. The first-order chi connectivity index (χ1) is 7.86. The minimum absolute atomic E-state index is 0.736. The van der Waals surface area contributed by atoms with Crippen molar-refractivity contribution in [2.75, 3.05) is 37.5 Å². The number of nitrogens with zero attached hydrogens (tertiary/aromatic N) is 2. The van der Waals surface area contributed by atoms with Gasteiger partial charge in [-0.3, -0.25) is 0 Å². The second kappa shape index (κ2) is 4.26. The lowest BCUT2D eigenvalue weighted by atomic mass is 10.0. The van der Waals surface area contributed by atoms with Crippen LogP contribution in [0.2, 0.25) is 0 Å². The Bertz CT molecular complexity index is 356. The highest BCUT2D eigenvalue weighted by Crippen LogP contribution is 2.32. The van der Waals surface area contributed by atoms with Gasteiger partial charge in [-0.25, -0.2) is 4.98 Å². The monoisotopic (exact) mass is 236 g/mol. The molecule has 1 aromatic rings. The first-order valence-corrected chi connectivity index (χ1v) is 6.92. The van der Waals surface area contributed by atoms with Gasteiger partial charge in [-0.05, 0) is 18.4 Å². The third-order valence-electron chi connectivity index (χ3n) is 3.54. The van der Waals surface area contributed by atoms with Crippen LogP contribution in [0.15, 0.2) is 23.4 Å². The molecular formula is C12H16N2OS. The molecule has 0 saturated carbocycles. The van der Waals surface area contributed by atoms with Gasteiger partial charge in [-0.1, -0.05) is 0 Å². The van der Waals surface area contributed by atoms with Gasteiger partial charge in [0.15, 0.2) is 0 Å². The van der Waals surface area contributed by atoms with Gasteiger partial charge in [0.05, 0.1) is 30.1 Å². The summed E-state index contributed by atoms with van der Waals surface area (Å²) in [7, 11) is 0. The lowest BCUT2D eigenvalue weighted by Gasteiger charge is -2.19. The lowest BCUT2D eigenvalue weighted by molar-refractivity contribution is 0.177. The van der Waals surface area contributed by atoms with E-state index in [0.717, 1.165) is 43.2 Å². The third-order valence-corrected chi connectivity index (χ3v) is 4.20. The largest absolute Gasteiger partial charge is 0.381 e.